The maximum atomic E-state index is 10.3. The number of aliphatic hydroxyl groups is 1. The van der Waals surface area contributed by atoms with Gasteiger partial charge in [0.25, 0.3) is 0 Å². The van der Waals surface area contributed by atoms with Crippen LogP contribution in [-0.4, -0.2) is 35.2 Å². The zero-order valence-corrected chi connectivity index (χ0v) is 13.3. The van der Waals surface area contributed by atoms with E-state index in [1.165, 1.54) is 32.2 Å². The lowest BCUT2D eigenvalue weighted by molar-refractivity contribution is -0.000729. The van der Waals surface area contributed by atoms with E-state index in [1.807, 2.05) is 0 Å². The van der Waals surface area contributed by atoms with Gasteiger partial charge in [0.2, 0.25) is 0 Å². The molecule has 2 heteroatoms. The molecule has 0 aromatic carbocycles. The van der Waals surface area contributed by atoms with Gasteiger partial charge in [-0.2, -0.15) is 0 Å². The minimum absolute atomic E-state index is 0.0561. The molecule has 0 aromatic rings. The van der Waals surface area contributed by atoms with Crippen molar-refractivity contribution in [2.24, 2.45) is 23.7 Å². The van der Waals surface area contributed by atoms with Crippen molar-refractivity contribution in [3.8, 4) is 0 Å². The van der Waals surface area contributed by atoms with Gasteiger partial charge in [-0.25, -0.2) is 0 Å². The molecule has 2 nitrogen and oxygen atoms in total. The molecule has 19 heavy (non-hydrogen) atoms. The van der Waals surface area contributed by atoms with Crippen molar-refractivity contribution in [3.05, 3.63) is 0 Å². The average molecular weight is 267 g/mol. The van der Waals surface area contributed by atoms with Crippen molar-refractivity contribution in [3.63, 3.8) is 0 Å². The standard InChI is InChI=1S/C17H33NO/c1-12(2)15-7-8-17(19)16(10-15)11-18-9-5-6-13(3)14(18)4/h12-17,19H,5-11H2,1-4H3. The Morgan fingerprint density at radius 2 is 1.89 bits per heavy atom. The number of hydrogen-bond donors (Lipinski definition) is 1. The van der Waals surface area contributed by atoms with Crippen molar-refractivity contribution in [2.75, 3.05) is 13.1 Å². The molecule has 0 amide bonds. The highest BCUT2D eigenvalue weighted by molar-refractivity contribution is 4.86. The lowest BCUT2D eigenvalue weighted by atomic mass is 9.74. The molecule has 0 aromatic heterocycles. The van der Waals surface area contributed by atoms with Gasteiger partial charge in [-0.3, -0.25) is 0 Å². The molecule has 1 saturated carbocycles. The van der Waals surface area contributed by atoms with E-state index >= 15 is 0 Å². The van der Waals surface area contributed by atoms with E-state index in [4.69, 9.17) is 0 Å². The maximum absolute atomic E-state index is 10.3. The smallest absolute Gasteiger partial charge is 0.0580 e. The largest absolute Gasteiger partial charge is 0.393 e. The first-order valence-corrected chi connectivity index (χ1v) is 8.41. The maximum Gasteiger partial charge on any atom is 0.0580 e. The van der Waals surface area contributed by atoms with E-state index < -0.39 is 0 Å². The number of rotatable bonds is 3. The van der Waals surface area contributed by atoms with Gasteiger partial charge in [0.15, 0.2) is 0 Å². The van der Waals surface area contributed by atoms with Gasteiger partial charge in [-0.1, -0.05) is 20.8 Å². The van der Waals surface area contributed by atoms with E-state index in [9.17, 15) is 5.11 Å². The molecule has 2 rings (SSSR count). The second-order valence-electron chi connectivity index (χ2n) is 7.50. The number of likely N-dealkylation sites (tertiary alicyclic amines) is 1. The molecule has 0 bridgehead atoms. The minimum atomic E-state index is -0.0561. The SMILES string of the molecule is CC(C)C1CCC(O)C(CN2CCCC(C)C2C)C1. The zero-order chi connectivity index (χ0) is 14.0. The monoisotopic (exact) mass is 267 g/mol. The van der Waals surface area contributed by atoms with Crippen molar-refractivity contribution < 1.29 is 5.11 Å². The normalized spacial score (nSPS) is 41.7. The first-order chi connectivity index (χ1) is 8.99. The Morgan fingerprint density at radius 1 is 1.16 bits per heavy atom. The second kappa shape index (κ2) is 6.58. The third-order valence-corrected chi connectivity index (χ3v) is 5.90. The molecule has 1 saturated heterocycles. The van der Waals surface area contributed by atoms with Crippen LogP contribution in [0.2, 0.25) is 0 Å². The average Bonchev–Trinajstić information content (AvgIpc) is 2.37. The van der Waals surface area contributed by atoms with Crippen LogP contribution in [0.5, 0.6) is 0 Å². The molecule has 2 aliphatic rings. The highest BCUT2D eigenvalue weighted by Gasteiger charge is 2.34. The van der Waals surface area contributed by atoms with Gasteiger partial charge in [0.1, 0.15) is 0 Å². The van der Waals surface area contributed by atoms with Crippen LogP contribution in [0.15, 0.2) is 0 Å². The summed E-state index contributed by atoms with van der Waals surface area (Å²) >= 11 is 0. The second-order valence-corrected chi connectivity index (χ2v) is 7.50. The van der Waals surface area contributed by atoms with Gasteiger partial charge in [-0.15, -0.1) is 0 Å². The molecule has 5 unspecified atom stereocenters. The van der Waals surface area contributed by atoms with Crippen LogP contribution in [0.4, 0.5) is 0 Å². The fourth-order valence-electron chi connectivity index (χ4n) is 4.07. The Bertz CT molecular complexity index is 278. The van der Waals surface area contributed by atoms with Gasteiger partial charge in [0, 0.05) is 12.6 Å². The van der Waals surface area contributed by atoms with E-state index in [0.717, 1.165) is 30.7 Å². The summed E-state index contributed by atoms with van der Waals surface area (Å²) in [6, 6.07) is 0.695. The molecule has 0 spiro atoms. The number of aliphatic hydroxyl groups excluding tert-OH is 1. The predicted octanol–water partition coefficient (Wildman–Crippen LogP) is 3.54. The molecule has 112 valence electrons. The number of nitrogens with zero attached hydrogens (tertiary/aromatic N) is 1. The summed E-state index contributed by atoms with van der Waals surface area (Å²) < 4.78 is 0. The first-order valence-electron chi connectivity index (χ1n) is 8.41. The Morgan fingerprint density at radius 3 is 2.58 bits per heavy atom. The third-order valence-electron chi connectivity index (χ3n) is 5.90. The summed E-state index contributed by atoms with van der Waals surface area (Å²) in [5, 5.41) is 10.3. The van der Waals surface area contributed by atoms with Crippen LogP contribution in [-0.2, 0) is 0 Å². The van der Waals surface area contributed by atoms with Crippen LogP contribution in [0, 0.1) is 23.7 Å². The molecule has 1 aliphatic carbocycles. The quantitative estimate of drug-likeness (QED) is 0.845. The van der Waals surface area contributed by atoms with Gasteiger partial charge < -0.3 is 10.0 Å². The fraction of sp³-hybridized carbons (Fsp3) is 1.00. The van der Waals surface area contributed by atoms with E-state index in [-0.39, 0.29) is 6.10 Å². The van der Waals surface area contributed by atoms with Gasteiger partial charge >= 0.3 is 0 Å². The van der Waals surface area contributed by atoms with Gasteiger partial charge in [0.05, 0.1) is 6.10 Å². The van der Waals surface area contributed by atoms with Crippen molar-refractivity contribution >= 4 is 0 Å². The van der Waals surface area contributed by atoms with Crippen LogP contribution >= 0.6 is 0 Å². The Hall–Kier alpha value is -0.0800. The molecule has 1 aliphatic heterocycles. The Labute approximate surface area is 119 Å². The highest BCUT2D eigenvalue weighted by Crippen LogP contribution is 2.35. The van der Waals surface area contributed by atoms with Crippen LogP contribution in [0.3, 0.4) is 0 Å². The molecular formula is C17H33NO. The first kappa shape index (κ1) is 15.3. The zero-order valence-electron chi connectivity index (χ0n) is 13.3. The Balaban J connectivity index is 1.92. The summed E-state index contributed by atoms with van der Waals surface area (Å²) in [6.45, 7) is 11.8. The summed E-state index contributed by atoms with van der Waals surface area (Å²) in [7, 11) is 0. The predicted molar refractivity (Wildman–Crippen MR) is 81.1 cm³/mol. The lowest BCUT2D eigenvalue weighted by Gasteiger charge is -2.43. The van der Waals surface area contributed by atoms with Crippen molar-refractivity contribution in [1.82, 2.24) is 4.90 Å². The topological polar surface area (TPSA) is 23.5 Å². The Kier molecular flexibility index (Phi) is 5.30. The van der Waals surface area contributed by atoms with Crippen molar-refractivity contribution in [1.29, 1.82) is 0 Å². The molecule has 5 atom stereocenters. The fourth-order valence-corrected chi connectivity index (χ4v) is 4.07. The van der Waals surface area contributed by atoms with Crippen LogP contribution < -0.4 is 0 Å². The van der Waals surface area contributed by atoms with E-state index in [1.54, 1.807) is 0 Å². The minimum Gasteiger partial charge on any atom is -0.393 e. The number of piperidine rings is 1. The molecule has 0 radical (unpaired) electrons. The number of hydrogen-bond acceptors (Lipinski definition) is 2. The molecular weight excluding hydrogens is 234 g/mol. The highest BCUT2D eigenvalue weighted by atomic mass is 16.3. The van der Waals surface area contributed by atoms with Crippen LogP contribution in [0.1, 0.15) is 59.8 Å². The van der Waals surface area contributed by atoms with E-state index in [2.05, 4.69) is 32.6 Å². The van der Waals surface area contributed by atoms with Gasteiger partial charge in [-0.05, 0) is 69.2 Å². The van der Waals surface area contributed by atoms with E-state index in [0.29, 0.717) is 12.0 Å². The molecule has 1 heterocycles. The van der Waals surface area contributed by atoms with Crippen LogP contribution in [0.25, 0.3) is 0 Å². The molecule has 2 fully saturated rings. The third kappa shape index (κ3) is 3.72. The van der Waals surface area contributed by atoms with Crippen molar-refractivity contribution in [2.45, 2.75) is 71.9 Å². The summed E-state index contributed by atoms with van der Waals surface area (Å²) in [5.74, 6) is 2.92. The lowest BCUT2D eigenvalue weighted by Crippen LogP contribution is -2.47. The summed E-state index contributed by atoms with van der Waals surface area (Å²) in [4.78, 5) is 2.64. The molecule has 1 N–H and O–H groups in total. The summed E-state index contributed by atoms with van der Waals surface area (Å²) in [5.41, 5.74) is 0. The summed E-state index contributed by atoms with van der Waals surface area (Å²) in [6.07, 6.45) is 6.13.